The highest BCUT2D eigenvalue weighted by Crippen LogP contribution is 2.38. The van der Waals surface area contributed by atoms with E-state index in [1.807, 2.05) is 25.5 Å². The summed E-state index contributed by atoms with van der Waals surface area (Å²) >= 11 is 9.42. The maximum absolute atomic E-state index is 11.0. The van der Waals surface area contributed by atoms with Crippen molar-refractivity contribution in [3.8, 4) is 11.1 Å². The Bertz CT molecular complexity index is 930. The van der Waals surface area contributed by atoms with Crippen molar-refractivity contribution >= 4 is 50.6 Å². The summed E-state index contributed by atoms with van der Waals surface area (Å²) in [5, 5.41) is 14.7. The standard InChI is InChI=1S/C16H15ClN4O2S2/c1-20(2)6-7-24-16-18-14(17)13-12(9-25-15(13)19-16)10-4-3-5-11(8-10)21(22)23/h3-5,8-9H,6-7H2,1-2H3. The first-order chi connectivity index (χ1) is 12.0. The van der Waals surface area contributed by atoms with E-state index in [0.29, 0.717) is 10.3 Å². The Morgan fingerprint density at radius 3 is 2.88 bits per heavy atom. The molecule has 0 saturated heterocycles. The van der Waals surface area contributed by atoms with Crippen molar-refractivity contribution in [1.29, 1.82) is 0 Å². The molecular formula is C16H15ClN4O2S2. The molecule has 0 bridgehead atoms. The lowest BCUT2D eigenvalue weighted by molar-refractivity contribution is -0.384. The van der Waals surface area contributed by atoms with Crippen molar-refractivity contribution in [1.82, 2.24) is 14.9 Å². The molecule has 2 heterocycles. The number of non-ortho nitro benzene ring substituents is 1. The van der Waals surface area contributed by atoms with Crippen LogP contribution in [0.25, 0.3) is 21.3 Å². The van der Waals surface area contributed by atoms with Crippen molar-refractivity contribution in [2.24, 2.45) is 0 Å². The van der Waals surface area contributed by atoms with Gasteiger partial charge in [0.05, 0.1) is 10.3 Å². The first-order valence-electron chi connectivity index (χ1n) is 7.43. The molecule has 9 heteroatoms. The topological polar surface area (TPSA) is 72.2 Å². The van der Waals surface area contributed by atoms with Gasteiger partial charge in [-0.2, -0.15) is 0 Å². The Labute approximate surface area is 158 Å². The maximum Gasteiger partial charge on any atom is 0.270 e. The van der Waals surface area contributed by atoms with Crippen molar-refractivity contribution in [2.45, 2.75) is 5.16 Å². The fraction of sp³-hybridized carbons (Fsp3) is 0.250. The molecule has 3 rings (SSSR count). The lowest BCUT2D eigenvalue weighted by Crippen LogP contribution is -2.14. The number of halogens is 1. The van der Waals surface area contributed by atoms with Gasteiger partial charge in [-0.1, -0.05) is 35.5 Å². The second-order valence-corrected chi connectivity index (χ2v) is 7.86. The average molecular weight is 395 g/mol. The molecule has 0 spiro atoms. The van der Waals surface area contributed by atoms with Crippen LogP contribution < -0.4 is 0 Å². The second-order valence-electron chi connectivity index (χ2n) is 5.59. The Balaban J connectivity index is 1.96. The number of hydrogen-bond acceptors (Lipinski definition) is 7. The van der Waals surface area contributed by atoms with Gasteiger partial charge < -0.3 is 4.90 Å². The number of rotatable bonds is 6. The average Bonchev–Trinajstić information content (AvgIpc) is 2.99. The number of nitrogens with zero attached hydrogens (tertiary/aromatic N) is 4. The van der Waals surface area contributed by atoms with Gasteiger partial charge in [-0.05, 0) is 19.7 Å². The van der Waals surface area contributed by atoms with Gasteiger partial charge in [0, 0.05) is 35.4 Å². The lowest BCUT2D eigenvalue weighted by Gasteiger charge is -2.08. The van der Waals surface area contributed by atoms with E-state index < -0.39 is 4.92 Å². The van der Waals surface area contributed by atoms with Crippen LogP contribution in [-0.4, -0.2) is 46.2 Å². The van der Waals surface area contributed by atoms with Crippen LogP contribution in [0, 0.1) is 10.1 Å². The van der Waals surface area contributed by atoms with Gasteiger partial charge in [0.25, 0.3) is 5.69 Å². The summed E-state index contributed by atoms with van der Waals surface area (Å²) in [7, 11) is 4.03. The number of fused-ring (bicyclic) bond motifs is 1. The van der Waals surface area contributed by atoms with Gasteiger partial charge in [-0.15, -0.1) is 11.3 Å². The molecule has 0 unspecified atom stereocenters. The molecule has 25 heavy (non-hydrogen) atoms. The zero-order valence-electron chi connectivity index (χ0n) is 13.6. The molecule has 0 saturated carbocycles. The summed E-state index contributed by atoms with van der Waals surface area (Å²) in [5.74, 6) is 0.873. The van der Waals surface area contributed by atoms with Crippen molar-refractivity contribution < 1.29 is 4.92 Å². The third-order valence-corrected chi connectivity index (χ3v) is 5.48. The molecular weight excluding hydrogens is 380 g/mol. The van der Waals surface area contributed by atoms with Crippen LogP contribution in [0.3, 0.4) is 0 Å². The van der Waals surface area contributed by atoms with Crippen LogP contribution in [-0.2, 0) is 0 Å². The summed E-state index contributed by atoms with van der Waals surface area (Å²) in [4.78, 5) is 22.4. The summed E-state index contributed by atoms with van der Waals surface area (Å²) in [6.45, 7) is 0.924. The number of nitro benzene ring substituents is 1. The molecule has 2 aromatic heterocycles. The Morgan fingerprint density at radius 2 is 2.16 bits per heavy atom. The van der Waals surface area contributed by atoms with E-state index in [-0.39, 0.29) is 5.69 Å². The van der Waals surface area contributed by atoms with E-state index in [1.165, 1.54) is 23.5 Å². The van der Waals surface area contributed by atoms with Crippen LogP contribution in [0.15, 0.2) is 34.8 Å². The predicted molar refractivity (Wildman–Crippen MR) is 104 cm³/mol. The van der Waals surface area contributed by atoms with Gasteiger partial charge in [-0.3, -0.25) is 10.1 Å². The summed E-state index contributed by atoms with van der Waals surface area (Å²) in [6.07, 6.45) is 0. The third kappa shape index (κ3) is 4.09. The van der Waals surface area contributed by atoms with E-state index >= 15 is 0 Å². The van der Waals surface area contributed by atoms with E-state index in [9.17, 15) is 10.1 Å². The molecule has 0 atom stereocenters. The van der Waals surface area contributed by atoms with E-state index in [0.717, 1.165) is 33.6 Å². The van der Waals surface area contributed by atoms with Crippen LogP contribution >= 0.6 is 34.7 Å². The third-order valence-electron chi connectivity index (χ3n) is 3.51. The molecule has 0 fully saturated rings. The Morgan fingerprint density at radius 1 is 1.36 bits per heavy atom. The van der Waals surface area contributed by atoms with Crippen molar-refractivity contribution in [3.63, 3.8) is 0 Å². The van der Waals surface area contributed by atoms with Gasteiger partial charge in [0.15, 0.2) is 5.16 Å². The second kappa shape index (κ2) is 7.65. The van der Waals surface area contributed by atoms with E-state index in [1.54, 1.807) is 17.8 Å². The predicted octanol–water partition coefficient (Wildman–Crippen LogP) is 4.57. The molecule has 0 N–H and O–H groups in total. The van der Waals surface area contributed by atoms with Crippen LogP contribution in [0.1, 0.15) is 0 Å². The van der Waals surface area contributed by atoms with Gasteiger partial charge in [0.1, 0.15) is 9.98 Å². The van der Waals surface area contributed by atoms with Crippen molar-refractivity contribution in [2.75, 3.05) is 26.4 Å². The highest BCUT2D eigenvalue weighted by molar-refractivity contribution is 7.99. The Kier molecular flexibility index (Phi) is 5.53. The monoisotopic (exact) mass is 394 g/mol. The summed E-state index contributed by atoms with van der Waals surface area (Å²) < 4.78 is 0. The van der Waals surface area contributed by atoms with E-state index in [2.05, 4.69) is 14.9 Å². The van der Waals surface area contributed by atoms with Gasteiger partial charge in [0.2, 0.25) is 0 Å². The minimum atomic E-state index is -0.407. The molecule has 0 aliphatic heterocycles. The SMILES string of the molecule is CN(C)CCSc1nc(Cl)c2c(-c3cccc([N+](=O)[O-])c3)csc2n1. The molecule has 0 amide bonds. The first-order valence-corrected chi connectivity index (χ1v) is 9.67. The Hall–Kier alpha value is -1.74. The van der Waals surface area contributed by atoms with Crippen LogP contribution in [0.2, 0.25) is 5.15 Å². The number of nitro groups is 1. The molecule has 0 radical (unpaired) electrons. The minimum absolute atomic E-state index is 0.0461. The van der Waals surface area contributed by atoms with Crippen molar-refractivity contribution in [3.05, 3.63) is 44.9 Å². The molecule has 130 valence electrons. The van der Waals surface area contributed by atoms with Gasteiger partial charge >= 0.3 is 0 Å². The highest BCUT2D eigenvalue weighted by Gasteiger charge is 2.16. The molecule has 0 aliphatic carbocycles. The molecule has 1 aromatic carbocycles. The number of thioether (sulfide) groups is 1. The van der Waals surface area contributed by atoms with Crippen LogP contribution in [0.5, 0.6) is 0 Å². The molecule has 6 nitrogen and oxygen atoms in total. The quantitative estimate of drug-likeness (QED) is 0.200. The maximum atomic E-state index is 11.0. The lowest BCUT2D eigenvalue weighted by atomic mass is 10.1. The number of benzene rings is 1. The van der Waals surface area contributed by atoms with Gasteiger partial charge in [-0.25, -0.2) is 9.97 Å². The number of aromatic nitrogens is 2. The zero-order valence-corrected chi connectivity index (χ0v) is 16.0. The molecule has 0 aliphatic rings. The highest BCUT2D eigenvalue weighted by atomic mass is 35.5. The summed E-state index contributed by atoms with van der Waals surface area (Å²) in [6, 6.07) is 6.50. The smallest absolute Gasteiger partial charge is 0.270 e. The largest absolute Gasteiger partial charge is 0.309 e. The normalized spacial score (nSPS) is 11.4. The number of thiophene rings is 1. The first kappa shape index (κ1) is 18.1. The van der Waals surface area contributed by atoms with Crippen LogP contribution in [0.4, 0.5) is 5.69 Å². The fourth-order valence-electron chi connectivity index (χ4n) is 2.26. The minimum Gasteiger partial charge on any atom is -0.309 e. The van der Waals surface area contributed by atoms with E-state index in [4.69, 9.17) is 11.6 Å². The zero-order chi connectivity index (χ0) is 18.0. The number of hydrogen-bond donors (Lipinski definition) is 0. The fourth-order valence-corrected chi connectivity index (χ4v) is 4.60. The summed E-state index contributed by atoms with van der Waals surface area (Å²) in [5.41, 5.74) is 1.60. The molecule has 3 aromatic rings.